The summed E-state index contributed by atoms with van der Waals surface area (Å²) in [6.45, 7) is 6.68. The molecule has 0 fully saturated rings. The summed E-state index contributed by atoms with van der Waals surface area (Å²) < 4.78 is 23.6. The van der Waals surface area contributed by atoms with Crippen molar-refractivity contribution >= 4 is 28.3 Å². The lowest BCUT2D eigenvalue weighted by molar-refractivity contribution is 0.267. The number of ether oxygens (including phenoxy) is 4. The number of hydrogen-bond donors (Lipinski definition) is 1. The minimum Gasteiger partial charge on any atom is -0.493 e. The fourth-order valence-electron chi connectivity index (χ4n) is 3.47. The zero-order chi connectivity index (χ0) is 23.6. The van der Waals surface area contributed by atoms with Gasteiger partial charge in [-0.05, 0) is 83.7 Å². The molecule has 0 amide bonds. The van der Waals surface area contributed by atoms with Gasteiger partial charge < -0.3 is 24.3 Å². The molecule has 3 aromatic rings. The lowest BCUT2D eigenvalue weighted by atomic mass is 10.1. The number of nitrogens with one attached hydrogen (secondary N) is 1. The second-order valence-electron chi connectivity index (χ2n) is 7.73. The van der Waals surface area contributed by atoms with E-state index in [1.54, 1.807) is 14.2 Å². The number of halogens is 2. The van der Waals surface area contributed by atoms with Crippen LogP contribution in [0.5, 0.6) is 23.0 Å². The van der Waals surface area contributed by atoms with Crippen molar-refractivity contribution in [3.63, 3.8) is 0 Å². The fourth-order valence-corrected chi connectivity index (χ4v) is 4.07. The molecule has 0 saturated carbocycles. The van der Waals surface area contributed by atoms with Crippen LogP contribution in [0.2, 0.25) is 0 Å². The van der Waals surface area contributed by atoms with E-state index in [1.165, 1.54) is 11.1 Å². The molecule has 1 N–H and O–H groups in total. The van der Waals surface area contributed by atoms with Gasteiger partial charge in [-0.1, -0.05) is 35.9 Å². The maximum Gasteiger partial charge on any atom is 0.175 e. The van der Waals surface area contributed by atoms with E-state index in [1.807, 2.05) is 25.1 Å². The van der Waals surface area contributed by atoms with Gasteiger partial charge in [-0.2, -0.15) is 0 Å². The first-order valence-corrected chi connectivity index (χ1v) is 11.9. The second-order valence-corrected chi connectivity index (χ2v) is 8.58. The van der Waals surface area contributed by atoms with Crippen molar-refractivity contribution in [1.29, 1.82) is 0 Å². The fraction of sp³-hybridized carbons (Fsp3) is 0.333. The summed E-state index contributed by atoms with van der Waals surface area (Å²) in [6, 6.07) is 18.5. The molecule has 34 heavy (non-hydrogen) atoms. The Kier molecular flexibility index (Phi) is 11.5. The number of hydrogen-bond acceptors (Lipinski definition) is 5. The minimum absolute atomic E-state index is 0. The Balaban J connectivity index is 0.00000408. The lowest BCUT2D eigenvalue weighted by Crippen LogP contribution is -2.17. The zero-order valence-corrected chi connectivity index (χ0v) is 22.6. The van der Waals surface area contributed by atoms with Crippen molar-refractivity contribution < 1.29 is 18.9 Å². The molecule has 0 aliphatic carbocycles. The van der Waals surface area contributed by atoms with Gasteiger partial charge in [0.2, 0.25) is 0 Å². The van der Waals surface area contributed by atoms with Crippen molar-refractivity contribution in [2.45, 2.75) is 33.4 Å². The van der Waals surface area contributed by atoms with Crippen LogP contribution in [0.15, 0.2) is 59.1 Å². The van der Waals surface area contributed by atoms with Crippen LogP contribution in [0.1, 0.15) is 29.2 Å². The van der Waals surface area contributed by atoms with Crippen molar-refractivity contribution in [2.24, 2.45) is 0 Å². The molecule has 5 nitrogen and oxygen atoms in total. The number of benzene rings is 3. The predicted octanol–water partition coefficient (Wildman–Crippen LogP) is 6.51. The van der Waals surface area contributed by atoms with Crippen LogP contribution in [-0.2, 0) is 19.6 Å². The van der Waals surface area contributed by atoms with Crippen LogP contribution in [-0.4, -0.2) is 27.4 Å². The van der Waals surface area contributed by atoms with Gasteiger partial charge in [0.1, 0.15) is 6.61 Å². The summed E-state index contributed by atoms with van der Waals surface area (Å²) in [5, 5.41) is 3.51. The van der Waals surface area contributed by atoms with Gasteiger partial charge in [-0.25, -0.2) is 0 Å². The summed E-state index contributed by atoms with van der Waals surface area (Å²) in [7, 11) is 3.30. The highest BCUT2D eigenvalue weighted by molar-refractivity contribution is 9.10. The van der Waals surface area contributed by atoms with Crippen molar-refractivity contribution in [1.82, 2.24) is 5.32 Å². The molecule has 0 atom stereocenters. The molecule has 0 bridgehead atoms. The normalized spacial score (nSPS) is 10.4. The smallest absolute Gasteiger partial charge is 0.175 e. The van der Waals surface area contributed by atoms with Gasteiger partial charge in [0.05, 0.1) is 25.3 Å². The average molecular weight is 551 g/mol. The Bertz CT molecular complexity index is 1040. The maximum absolute atomic E-state index is 6.11. The molecule has 184 valence electrons. The van der Waals surface area contributed by atoms with E-state index < -0.39 is 0 Å². The Morgan fingerprint density at radius 1 is 0.794 bits per heavy atom. The monoisotopic (exact) mass is 549 g/mol. The Labute approximate surface area is 217 Å². The molecule has 0 heterocycles. The third-order valence-electron chi connectivity index (χ3n) is 5.24. The van der Waals surface area contributed by atoms with Gasteiger partial charge in [-0.15, -0.1) is 12.4 Å². The van der Waals surface area contributed by atoms with Crippen molar-refractivity contribution in [3.8, 4) is 23.0 Å². The van der Waals surface area contributed by atoms with Crippen LogP contribution in [0.3, 0.4) is 0 Å². The van der Waals surface area contributed by atoms with Crippen LogP contribution in [0.4, 0.5) is 0 Å². The summed E-state index contributed by atoms with van der Waals surface area (Å²) in [5.74, 6) is 2.97. The quantitative estimate of drug-likeness (QED) is 0.261. The molecular weight excluding hydrogens is 518 g/mol. The Morgan fingerprint density at radius 3 is 2.15 bits per heavy atom. The number of aryl methyl sites for hydroxylation is 1. The lowest BCUT2D eigenvalue weighted by Gasteiger charge is -2.16. The molecular formula is C27H33BrClNO4. The first-order valence-electron chi connectivity index (χ1n) is 11.1. The van der Waals surface area contributed by atoms with E-state index in [-0.39, 0.29) is 12.4 Å². The number of rotatable bonds is 12. The molecule has 0 unspecified atom stereocenters. The third kappa shape index (κ3) is 7.83. The van der Waals surface area contributed by atoms with Crippen LogP contribution in [0, 0.1) is 6.92 Å². The van der Waals surface area contributed by atoms with Gasteiger partial charge in [-0.3, -0.25) is 0 Å². The van der Waals surface area contributed by atoms with E-state index in [0.717, 1.165) is 58.1 Å². The third-order valence-corrected chi connectivity index (χ3v) is 5.83. The molecule has 0 saturated heterocycles. The molecule has 0 aliphatic heterocycles. The highest BCUT2D eigenvalue weighted by Crippen LogP contribution is 2.37. The molecule has 3 aromatic carbocycles. The molecule has 0 aromatic heterocycles. The first-order chi connectivity index (χ1) is 16.0. The standard InChI is InChI=1S/C27H32BrNO4.ClH/c1-5-32-26-16-22(14-23(28)27(26)33-18-21-8-6-19(2)7-9-21)17-29-13-12-20-10-11-24(30-3)25(15-20)31-4;/h6-11,14-16,29H,5,12-13,17-18H2,1-4H3;1H. The van der Waals surface area contributed by atoms with E-state index >= 15 is 0 Å². The van der Waals surface area contributed by atoms with E-state index in [4.69, 9.17) is 18.9 Å². The Hall–Kier alpha value is -2.41. The second kappa shape index (κ2) is 14.1. The van der Waals surface area contributed by atoms with E-state index in [9.17, 15) is 0 Å². The van der Waals surface area contributed by atoms with Crippen molar-refractivity contribution in [2.75, 3.05) is 27.4 Å². The van der Waals surface area contributed by atoms with Crippen molar-refractivity contribution in [3.05, 3.63) is 81.3 Å². The summed E-state index contributed by atoms with van der Waals surface area (Å²) in [4.78, 5) is 0. The highest BCUT2D eigenvalue weighted by Gasteiger charge is 2.13. The number of methoxy groups -OCH3 is 2. The van der Waals surface area contributed by atoms with Crippen LogP contribution in [0.25, 0.3) is 0 Å². The summed E-state index contributed by atoms with van der Waals surface area (Å²) in [6.07, 6.45) is 0.886. The van der Waals surface area contributed by atoms with Gasteiger partial charge in [0, 0.05) is 6.54 Å². The van der Waals surface area contributed by atoms with Gasteiger partial charge >= 0.3 is 0 Å². The average Bonchev–Trinajstić information content (AvgIpc) is 2.82. The van der Waals surface area contributed by atoms with Crippen LogP contribution >= 0.6 is 28.3 Å². The predicted molar refractivity (Wildman–Crippen MR) is 143 cm³/mol. The zero-order valence-electron chi connectivity index (χ0n) is 20.2. The van der Waals surface area contributed by atoms with E-state index in [2.05, 4.69) is 64.6 Å². The van der Waals surface area contributed by atoms with Gasteiger partial charge in [0.15, 0.2) is 23.0 Å². The van der Waals surface area contributed by atoms with Gasteiger partial charge in [0.25, 0.3) is 0 Å². The molecule has 7 heteroatoms. The maximum atomic E-state index is 6.11. The van der Waals surface area contributed by atoms with Crippen LogP contribution < -0.4 is 24.3 Å². The topological polar surface area (TPSA) is 49.0 Å². The SMILES string of the molecule is CCOc1cc(CNCCc2ccc(OC)c(OC)c2)cc(Br)c1OCc1ccc(C)cc1.Cl. The molecule has 0 radical (unpaired) electrons. The Morgan fingerprint density at radius 2 is 1.47 bits per heavy atom. The highest BCUT2D eigenvalue weighted by atomic mass is 79.9. The molecule has 3 rings (SSSR count). The minimum atomic E-state index is 0. The largest absolute Gasteiger partial charge is 0.493 e. The first kappa shape index (κ1) is 27.8. The molecule has 0 spiro atoms. The summed E-state index contributed by atoms with van der Waals surface area (Å²) >= 11 is 3.67. The molecule has 0 aliphatic rings. The summed E-state index contributed by atoms with van der Waals surface area (Å²) in [5.41, 5.74) is 4.67. The van der Waals surface area contributed by atoms with E-state index in [0.29, 0.717) is 13.2 Å².